The first kappa shape index (κ1) is 15.6. The molecular weight excluding hydrogens is 268 g/mol. The molecule has 5 nitrogen and oxygen atoms in total. The minimum Gasteiger partial charge on any atom is -0.466 e. The zero-order valence-electron chi connectivity index (χ0n) is 12.9. The summed E-state index contributed by atoms with van der Waals surface area (Å²) < 4.78 is 6.77. The van der Waals surface area contributed by atoms with Gasteiger partial charge in [0, 0.05) is 25.6 Å². The van der Waals surface area contributed by atoms with Gasteiger partial charge in [-0.25, -0.2) is 0 Å². The molecule has 0 saturated heterocycles. The molecule has 1 N–H and O–H groups in total. The molecule has 0 radical (unpaired) electrons. The van der Waals surface area contributed by atoms with Crippen molar-refractivity contribution in [1.82, 2.24) is 4.57 Å². The molecule has 2 heterocycles. The van der Waals surface area contributed by atoms with Gasteiger partial charge in [-0.05, 0) is 43.7 Å². The van der Waals surface area contributed by atoms with Crippen LogP contribution in [-0.2, 0) is 22.5 Å². The van der Waals surface area contributed by atoms with E-state index in [4.69, 9.17) is 4.74 Å². The van der Waals surface area contributed by atoms with Crippen molar-refractivity contribution >= 4 is 11.8 Å². The molecule has 0 saturated carbocycles. The molecule has 21 heavy (non-hydrogen) atoms. The minimum absolute atomic E-state index is 0.0557. The number of ether oxygens (including phenoxy) is 1. The van der Waals surface area contributed by atoms with Crippen molar-refractivity contribution in [3.05, 3.63) is 28.0 Å². The summed E-state index contributed by atoms with van der Waals surface area (Å²) in [6, 6.07) is 3.55. The lowest BCUT2D eigenvalue weighted by molar-refractivity contribution is -0.143. The summed E-state index contributed by atoms with van der Waals surface area (Å²) in [5, 5.41) is 3.33. The van der Waals surface area contributed by atoms with Crippen molar-refractivity contribution in [2.24, 2.45) is 5.92 Å². The topological polar surface area (TPSA) is 60.3 Å². The maximum Gasteiger partial charge on any atom is 0.305 e. The highest BCUT2D eigenvalue weighted by Gasteiger charge is 2.16. The van der Waals surface area contributed by atoms with Crippen LogP contribution in [0.2, 0.25) is 0 Å². The lowest BCUT2D eigenvalue weighted by Gasteiger charge is -2.24. The number of hydrogen-bond acceptors (Lipinski definition) is 4. The number of pyridine rings is 1. The Bertz CT molecular complexity index is 551. The molecule has 1 aliphatic rings. The standard InChI is InChI=1S/C16H24N2O3/c1-3-21-15(20)8-5-12(2)11-13-6-7-14(19)18-10-4-9-17-16(13)18/h6-7,12,17H,3-5,8-11H2,1-2H3. The normalized spacial score (nSPS) is 15.0. The average Bonchev–Trinajstić information content (AvgIpc) is 2.49. The number of carbonyl (C=O) groups excluding carboxylic acids is 1. The Hall–Kier alpha value is -1.78. The SMILES string of the molecule is CCOC(=O)CCC(C)Cc1ccc(=O)n2c1NCCC2. The molecule has 0 bridgehead atoms. The van der Waals surface area contributed by atoms with Crippen molar-refractivity contribution < 1.29 is 9.53 Å². The molecule has 116 valence electrons. The van der Waals surface area contributed by atoms with Crippen LogP contribution in [-0.4, -0.2) is 23.7 Å². The van der Waals surface area contributed by atoms with E-state index in [0.29, 0.717) is 18.9 Å². The van der Waals surface area contributed by atoms with E-state index >= 15 is 0 Å². The molecule has 1 aromatic heterocycles. The summed E-state index contributed by atoms with van der Waals surface area (Å²) in [6.07, 6.45) is 3.10. The Morgan fingerprint density at radius 2 is 2.29 bits per heavy atom. The fourth-order valence-electron chi connectivity index (χ4n) is 2.74. The van der Waals surface area contributed by atoms with Crippen LogP contribution in [0.5, 0.6) is 0 Å². The first-order valence-electron chi connectivity index (χ1n) is 7.74. The van der Waals surface area contributed by atoms with Crippen LogP contribution in [0.3, 0.4) is 0 Å². The molecule has 0 fully saturated rings. The van der Waals surface area contributed by atoms with Crippen molar-refractivity contribution in [2.75, 3.05) is 18.5 Å². The second kappa shape index (κ2) is 7.29. The molecule has 1 unspecified atom stereocenters. The molecule has 1 atom stereocenters. The van der Waals surface area contributed by atoms with Gasteiger partial charge in [0.25, 0.3) is 5.56 Å². The quantitative estimate of drug-likeness (QED) is 0.816. The number of aromatic nitrogens is 1. The van der Waals surface area contributed by atoms with Crippen LogP contribution in [0.4, 0.5) is 5.82 Å². The first-order valence-corrected chi connectivity index (χ1v) is 7.74. The van der Waals surface area contributed by atoms with Gasteiger partial charge in [-0.3, -0.25) is 14.2 Å². The minimum atomic E-state index is -0.131. The van der Waals surface area contributed by atoms with Crippen LogP contribution in [0.15, 0.2) is 16.9 Å². The summed E-state index contributed by atoms with van der Waals surface area (Å²) in [5.74, 6) is 1.20. The Balaban J connectivity index is 1.99. The largest absolute Gasteiger partial charge is 0.466 e. The highest BCUT2D eigenvalue weighted by Crippen LogP contribution is 2.22. The first-order chi connectivity index (χ1) is 10.1. The molecule has 0 aromatic carbocycles. The molecule has 0 amide bonds. The van der Waals surface area contributed by atoms with Gasteiger partial charge in [-0.15, -0.1) is 0 Å². The van der Waals surface area contributed by atoms with Gasteiger partial charge in [0.1, 0.15) is 5.82 Å². The third kappa shape index (κ3) is 4.09. The van der Waals surface area contributed by atoms with Crippen LogP contribution < -0.4 is 10.9 Å². The average molecular weight is 292 g/mol. The van der Waals surface area contributed by atoms with Crippen LogP contribution in [0.25, 0.3) is 0 Å². The lowest BCUT2D eigenvalue weighted by Crippen LogP contribution is -2.29. The number of anilines is 1. The van der Waals surface area contributed by atoms with Gasteiger partial charge >= 0.3 is 5.97 Å². The number of esters is 1. The van der Waals surface area contributed by atoms with E-state index in [9.17, 15) is 9.59 Å². The summed E-state index contributed by atoms with van der Waals surface area (Å²) in [7, 11) is 0. The molecular formula is C16H24N2O3. The van der Waals surface area contributed by atoms with E-state index < -0.39 is 0 Å². The molecule has 1 aromatic rings. The zero-order valence-corrected chi connectivity index (χ0v) is 12.9. The van der Waals surface area contributed by atoms with Crippen LogP contribution in [0, 0.1) is 5.92 Å². The maximum atomic E-state index is 11.9. The third-order valence-corrected chi connectivity index (χ3v) is 3.83. The smallest absolute Gasteiger partial charge is 0.305 e. The molecule has 0 spiro atoms. The second-order valence-electron chi connectivity index (χ2n) is 5.63. The predicted octanol–water partition coefficient (Wildman–Crippen LogP) is 2.19. The van der Waals surface area contributed by atoms with E-state index in [-0.39, 0.29) is 11.5 Å². The van der Waals surface area contributed by atoms with Crippen molar-refractivity contribution in [3.63, 3.8) is 0 Å². The lowest BCUT2D eigenvalue weighted by atomic mass is 9.96. The van der Waals surface area contributed by atoms with Crippen molar-refractivity contribution in [1.29, 1.82) is 0 Å². The fourth-order valence-corrected chi connectivity index (χ4v) is 2.74. The molecule has 0 aliphatic carbocycles. The van der Waals surface area contributed by atoms with E-state index in [1.807, 2.05) is 17.6 Å². The van der Waals surface area contributed by atoms with Crippen LogP contribution in [0.1, 0.15) is 38.7 Å². The van der Waals surface area contributed by atoms with E-state index in [1.165, 1.54) is 0 Å². The van der Waals surface area contributed by atoms with Crippen molar-refractivity contribution in [3.8, 4) is 0 Å². The van der Waals surface area contributed by atoms with Crippen LogP contribution >= 0.6 is 0 Å². The molecule has 2 rings (SSSR count). The molecule has 5 heteroatoms. The monoisotopic (exact) mass is 292 g/mol. The van der Waals surface area contributed by atoms with E-state index in [1.54, 1.807) is 6.07 Å². The number of nitrogens with one attached hydrogen (secondary N) is 1. The third-order valence-electron chi connectivity index (χ3n) is 3.83. The number of nitrogens with zero attached hydrogens (tertiary/aromatic N) is 1. The van der Waals surface area contributed by atoms with Gasteiger partial charge < -0.3 is 10.1 Å². The number of carbonyl (C=O) groups is 1. The van der Waals surface area contributed by atoms with Gasteiger partial charge in [-0.2, -0.15) is 0 Å². The van der Waals surface area contributed by atoms with E-state index in [2.05, 4.69) is 12.2 Å². The zero-order chi connectivity index (χ0) is 15.2. The predicted molar refractivity (Wildman–Crippen MR) is 82.5 cm³/mol. The summed E-state index contributed by atoms with van der Waals surface area (Å²) in [5.41, 5.74) is 1.21. The Labute approximate surface area is 125 Å². The Kier molecular flexibility index (Phi) is 5.42. The second-order valence-corrected chi connectivity index (χ2v) is 5.63. The van der Waals surface area contributed by atoms with Gasteiger partial charge in [0.2, 0.25) is 0 Å². The highest BCUT2D eigenvalue weighted by atomic mass is 16.5. The molecule has 1 aliphatic heterocycles. The summed E-state index contributed by atoms with van der Waals surface area (Å²) in [4.78, 5) is 23.2. The van der Waals surface area contributed by atoms with Gasteiger partial charge in [0.05, 0.1) is 6.61 Å². The number of rotatable bonds is 6. The Morgan fingerprint density at radius 1 is 1.48 bits per heavy atom. The Morgan fingerprint density at radius 3 is 3.05 bits per heavy atom. The number of fused-ring (bicyclic) bond motifs is 1. The highest BCUT2D eigenvalue weighted by molar-refractivity contribution is 5.69. The van der Waals surface area contributed by atoms with Gasteiger partial charge in [-0.1, -0.05) is 6.92 Å². The summed E-state index contributed by atoms with van der Waals surface area (Å²) in [6.45, 7) is 6.08. The number of hydrogen-bond donors (Lipinski definition) is 1. The fraction of sp³-hybridized carbons (Fsp3) is 0.625. The van der Waals surface area contributed by atoms with Crippen molar-refractivity contribution in [2.45, 2.75) is 46.1 Å². The maximum absolute atomic E-state index is 11.9. The van der Waals surface area contributed by atoms with Gasteiger partial charge in [0.15, 0.2) is 0 Å². The summed E-state index contributed by atoms with van der Waals surface area (Å²) >= 11 is 0. The van der Waals surface area contributed by atoms with E-state index in [0.717, 1.165) is 43.7 Å².